The number of rotatable bonds is 7. The topological polar surface area (TPSA) is 76.7 Å². The van der Waals surface area contributed by atoms with Crippen LogP contribution in [0.25, 0.3) is 0 Å². The molecule has 24 heavy (non-hydrogen) atoms. The van der Waals surface area contributed by atoms with Crippen LogP contribution in [0.4, 0.5) is 11.4 Å². The van der Waals surface area contributed by atoms with Gasteiger partial charge in [-0.25, -0.2) is 4.79 Å². The minimum Gasteiger partial charge on any atom is -0.497 e. The fourth-order valence-corrected chi connectivity index (χ4v) is 2.02. The SMILES string of the molecule is CCOC(=O)c1ccc(NC(=O)CNc2cccc(OC)c2)cc1. The summed E-state index contributed by atoms with van der Waals surface area (Å²) >= 11 is 0. The molecule has 0 spiro atoms. The van der Waals surface area contributed by atoms with Crippen molar-refractivity contribution in [1.82, 2.24) is 0 Å². The first kappa shape index (κ1) is 17.3. The predicted molar refractivity (Wildman–Crippen MR) is 92.5 cm³/mol. The van der Waals surface area contributed by atoms with E-state index in [-0.39, 0.29) is 18.4 Å². The largest absolute Gasteiger partial charge is 0.497 e. The second-order valence-electron chi connectivity index (χ2n) is 4.93. The molecule has 2 rings (SSSR count). The van der Waals surface area contributed by atoms with E-state index in [4.69, 9.17) is 9.47 Å². The Morgan fingerprint density at radius 2 is 1.79 bits per heavy atom. The second-order valence-corrected chi connectivity index (χ2v) is 4.93. The van der Waals surface area contributed by atoms with E-state index in [1.165, 1.54) is 0 Å². The molecule has 0 aliphatic rings. The van der Waals surface area contributed by atoms with Crippen LogP contribution in [0.15, 0.2) is 48.5 Å². The van der Waals surface area contributed by atoms with E-state index >= 15 is 0 Å². The number of amides is 1. The fourth-order valence-electron chi connectivity index (χ4n) is 2.02. The average Bonchev–Trinajstić information content (AvgIpc) is 2.61. The van der Waals surface area contributed by atoms with Crippen molar-refractivity contribution in [2.75, 3.05) is 30.9 Å². The molecular formula is C18H20N2O4. The van der Waals surface area contributed by atoms with Gasteiger partial charge in [0.25, 0.3) is 0 Å². The second kappa shape index (κ2) is 8.57. The molecular weight excluding hydrogens is 308 g/mol. The molecule has 6 heteroatoms. The zero-order valence-corrected chi connectivity index (χ0v) is 13.7. The third-order valence-corrected chi connectivity index (χ3v) is 3.20. The van der Waals surface area contributed by atoms with Gasteiger partial charge < -0.3 is 20.1 Å². The van der Waals surface area contributed by atoms with Crippen molar-refractivity contribution >= 4 is 23.3 Å². The number of anilines is 2. The van der Waals surface area contributed by atoms with Crippen molar-refractivity contribution in [2.24, 2.45) is 0 Å². The average molecular weight is 328 g/mol. The van der Waals surface area contributed by atoms with Gasteiger partial charge in [-0.05, 0) is 43.3 Å². The highest BCUT2D eigenvalue weighted by molar-refractivity contribution is 5.95. The van der Waals surface area contributed by atoms with Crippen molar-refractivity contribution in [2.45, 2.75) is 6.92 Å². The number of nitrogens with one attached hydrogen (secondary N) is 2. The fraction of sp³-hybridized carbons (Fsp3) is 0.222. The van der Waals surface area contributed by atoms with E-state index in [9.17, 15) is 9.59 Å². The third-order valence-electron chi connectivity index (χ3n) is 3.20. The molecule has 6 nitrogen and oxygen atoms in total. The highest BCUT2D eigenvalue weighted by Gasteiger charge is 2.07. The lowest BCUT2D eigenvalue weighted by Crippen LogP contribution is -2.21. The number of carbonyl (C=O) groups excluding carboxylic acids is 2. The first-order valence-corrected chi connectivity index (χ1v) is 7.57. The normalized spacial score (nSPS) is 9.92. The van der Waals surface area contributed by atoms with Gasteiger partial charge in [-0.15, -0.1) is 0 Å². The van der Waals surface area contributed by atoms with Crippen molar-refractivity contribution in [3.05, 3.63) is 54.1 Å². The van der Waals surface area contributed by atoms with Gasteiger partial charge in [0.05, 0.1) is 25.8 Å². The van der Waals surface area contributed by atoms with Crippen molar-refractivity contribution in [3.63, 3.8) is 0 Å². The summed E-state index contributed by atoms with van der Waals surface area (Å²) in [4.78, 5) is 23.5. The summed E-state index contributed by atoms with van der Waals surface area (Å²) in [5.41, 5.74) is 1.85. The lowest BCUT2D eigenvalue weighted by Gasteiger charge is -2.09. The third kappa shape index (κ3) is 5.01. The lowest BCUT2D eigenvalue weighted by atomic mass is 10.2. The first-order chi connectivity index (χ1) is 11.6. The van der Waals surface area contributed by atoms with Crippen molar-refractivity contribution < 1.29 is 19.1 Å². The summed E-state index contributed by atoms with van der Waals surface area (Å²) in [5, 5.41) is 5.77. The van der Waals surface area contributed by atoms with Crippen molar-refractivity contribution in [3.8, 4) is 5.75 Å². The van der Waals surface area contributed by atoms with Gasteiger partial charge in [-0.2, -0.15) is 0 Å². The molecule has 0 saturated heterocycles. The number of hydrogen-bond donors (Lipinski definition) is 2. The summed E-state index contributed by atoms with van der Waals surface area (Å²) in [6.45, 7) is 2.20. The van der Waals surface area contributed by atoms with Gasteiger partial charge in [0, 0.05) is 17.4 Å². The molecule has 0 heterocycles. The summed E-state index contributed by atoms with van der Waals surface area (Å²) in [6, 6.07) is 13.9. The first-order valence-electron chi connectivity index (χ1n) is 7.57. The molecule has 0 atom stereocenters. The molecule has 0 fully saturated rings. The Hall–Kier alpha value is -3.02. The van der Waals surface area contributed by atoms with Crippen LogP contribution >= 0.6 is 0 Å². The maximum atomic E-state index is 12.0. The highest BCUT2D eigenvalue weighted by Crippen LogP contribution is 2.16. The molecule has 2 aromatic carbocycles. The highest BCUT2D eigenvalue weighted by atomic mass is 16.5. The Balaban J connectivity index is 1.86. The van der Waals surface area contributed by atoms with Crippen LogP contribution in [0.1, 0.15) is 17.3 Å². The molecule has 2 N–H and O–H groups in total. The molecule has 0 saturated carbocycles. The maximum Gasteiger partial charge on any atom is 0.338 e. The Labute approximate surface area is 140 Å². The lowest BCUT2D eigenvalue weighted by molar-refractivity contribution is -0.114. The van der Waals surface area contributed by atoms with Crippen LogP contribution in [-0.4, -0.2) is 32.1 Å². The van der Waals surface area contributed by atoms with Crippen LogP contribution in [0.3, 0.4) is 0 Å². The van der Waals surface area contributed by atoms with Crippen molar-refractivity contribution in [1.29, 1.82) is 0 Å². The monoisotopic (exact) mass is 328 g/mol. The van der Waals surface area contributed by atoms with Crippen LogP contribution in [0.2, 0.25) is 0 Å². The predicted octanol–water partition coefficient (Wildman–Crippen LogP) is 2.92. The summed E-state index contributed by atoms with van der Waals surface area (Å²) in [7, 11) is 1.59. The van der Waals surface area contributed by atoms with Gasteiger partial charge in [-0.1, -0.05) is 6.07 Å². The van der Waals surface area contributed by atoms with E-state index in [0.29, 0.717) is 17.9 Å². The smallest absolute Gasteiger partial charge is 0.338 e. The number of carbonyl (C=O) groups is 2. The zero-order valence-electron chi connectivity index (χ0n) is 13.7. The van der Waals surface area contributed by atoms with Gasteiger partial charge in [0.2, 0.25) is 5.91 Å². The van der Waals surface area contributed by atoms with E-state index in [1.807, 2.05) is 18.2 Å². The van der Waals surface area contributed by atoms with Crippen LogP contribution < -0.4 is 15.4 Å². The van der Waals surface area contributed by atoms with Crippen LogP contribution in [0, 0.1) is 0 Å². The van der Waals surface area contributed by atoms with E-state index in [2.05, 4.69) is 10.6 Å². The Morgan fingerprint density at radius 3 is 2.46 bits per heavy atom. The molecule has 0 bridgehead atoms. The number of methoxy groups -OCH3 is 1. The Bertz CT molecular complexity index is 698. The van der Waals surface area contributed by atoms with Gasteiger partial charge >= 0.3 is 5.97 Å². The Morgan fingerprint density at radius 1 is 1.04 bits per heavy atom. The summed E-state index contributed by atoms with van der Waals surface area (Å²) in [5.74, 6) is 0.145. The molecule has 2 aromatic rings. The number of hydrogen-bond acceptors (Lipinski definition) is 5. The molecule has 1 amide bonds. The molecule has 0 unspecified atom stereocenters. The van der Waals surface area contributed by atoms with Gasteiger partial charge in [0.1, 0.15) is 5.75 Å². The van der Waals surface area contributed by atoms with Gasteiger partial charge in [-0.3, -0.25) is 4.79 Å². The van der Waals surface area contributed by atoms with E-state index in [0.717, 1.165) is 11.4 Å². The summed E-state index contributed by atoms with van der Waals surface area (Å²) in [6.07, 6.45) is 0. The van der Waals surface area contributed by atoms with E-state index < -0.39 is 0 Å². The van der Waals surface area contributed by atoms with Crippen LogP contribution in [0.5, 0.6) is 5.75 Å². The summed E-state index contributed by atoms with van der Waals surface area (Å²) < 4.78 is 10.0. The zero-order chi connectivity index (χ0) is 17.4. The van der Waals surface area contributed by atoms with Crippen LogP contribution in [-0.2, 0) is 9.53 Å². The van der Waals surface area contributed by atoms with Gasteiger partial charge in [0.15, 0.2) is 0 Å². The quantitative estimate of drug-likeness (QED) is 0.764. The molecule has 126 valence electrons. The number of ether oxygens (including phenoxy) is 2. The maximum absolute atomic E-state index is 12.0. The number of benzene rings is 2. The molecule has 0 radical (unpaired) electrons. The Kier molecular flexibility index (Phi) is 6.19. The molecule has 0 aromatic heterocycles. The number of esters is 1. The minimum absolute atomic E-state index is 0.118. The minimum atomic E-state index is -0.380. The molecule has 0 aliphatic heterocycles. The standard InChI is InChI=1S/C18H20N2O4/c1-3-24-18(22)13-7-9-14(10-8-13)20-17(21)12-19-15-5-4-6-16(11-15)23-2/h4-11,19H,3,12H2,1-2H3,(H,20,21). The molecule has 0 aliphatic carbocycles. The van der Waals surface area contributed by atoms with E-state index in [1.54, 1.807) is 44.4 Å².